The van der Waals surface area contributed by atoms with Gasteiger partial charge in [0.1, 0.15) is 6.04 Å². The standard InChI is InChI=1S/C10H10F3NO4/c11-10(12,13)5-1-2-7(15)8(16)4(5)3-6(14)9(17)18/h1-2,6,15-16H,3,14H2,(H,17,18). The van der Waals surface area contributed by atoms with Crippen LogP contribution in [0, 0.1) is 0 Å². The molecule has 0 aromatic heterocycles. The second-order valence-corrected chi connectivity index (χ2v) is 3.61. The number of hydrogen-bond donors (Lipinski definition) is 4. The molecule has 1 rings (SSSR count). The lowest BCUT2D eigenvalue weighted by molar-refractivity contribution is -0.141. The number of alkyl halides is 3. The Hall–Kier alpha value is -1.96. The molecule has 0 amide bonds. The molecule has 0 saturated carbocycles. The maximum absolute atomic E-state index is 12.6. The van der Waals surface area contributed by atoms with E-state index >= 15 is 0 Å². The molecule has 5 N–H and O–H groups in total. The highest BCUT2D eigenvalue weighted by atomic mass is 19.4. The zero-order chi connectivity index (χ0) is 14.1. The summed E-state index contributed by atoms with van der Waals surface area (Å²) in [7, 11) is 0. The molecule has 1 atom stereocenters. The minimum absolute atomic E-state index is 0.555. The number of halogens is 3. The third-order valence-electron chi connectivity index (χ3n) is 2.31. The number of aromatic hydroxyl groups is 2. The van der Waals surface area contributed by atoms with Gasteiger partial charge >= 0.3 is 12.1 Å². The number of aliphatic carboxylic acids is 1. The first kappa shape index (κ1) is 14.1. The Morgan fingerprint density at radius 1 is 1.33 bits per heavy atom. The van der Waals surface area contributed by atoms with Crippen LogP contribution in [0.5, 0.6) is 11.5 Å². The SMILES string of the molecule is NC(Cc1c(C(F)(F)F)ccc(O)c1O)C(=O)O. The molecule has 0 aliphatic carbocycles. The Labute approximate surface area is 99.3 Å². The Balaban J connectivity index is 3.30. The first-order valence-electron chi connectivity index (χ1n) is 4.74. The van der Waals surface area contributed by atoms with E-state index in [1.807, 2.05) is 0 Å². The molecule has 1 aromatic carbocycles. The summed E-state index contributed by atoms with van der Waals surface area (Å²) < 4.78 is 37.9. The molecule has 0 radical (unpaired) electrons. The summed E-state index contributed by atoms with van der Waals surface area (Å²) in [6.45, 7) is 0. The molecule has 5 nitrogen and oxygen atoms in total. The van der Waals surface area contributed by atoms with E-state index in [4.69, 9.17) is 15.9 Å². The molecular weight excluding hydrogens is 255 g/mol. The average molecular weight is 265 g/mol. The second-order valence-electron chi connectivity index (χ2n) is 3.61. The highest BCUT2D eigenvalue weighted by Gasteiger charge is 2.36. The summed E-state index contributed by atoms with van der Waals surface area (Å²) in [6, 6.07) is -0.383. The highest BCUT2D eigenvalue weighted by Crippen LogP contribution is 2.40. The van der Waals surface area contributed by atoms with Crippen LogP contribution in [0.2, 0.25) is 0 Å². The Morgan fingerprint density at radius 3 is 2.33 bits per heavy atom. The molecular formula is C10H10F3NO4. The fourth-order valence-electron chi connectivity index (χ4n) is 1.40. The zero-order valence-electron chi connectivity index (χ0n) is 8.90. The van der Waals surface area contributed by atoms with Crippen molar-refractivity contribution in [2.75, 3.05) is 0 Å². The summed E-state index contributed by atoms with van der Waals surface area (Å²) in [4.78, 5) is 10.5. The van der Waals surface area contributed by atoms with Crippen LogP contribution >= 0.6 is 0 Å². The van der Waals surface area contributed by atoms with Crippen LogP contribution < -0.4 is 5.73 Å². The maximum Gasteiger partial charge on any atom is 0.416 e. The molecule has 8 heteroatoms. The number of rotatable bonds is 3. The number of phenolic OH excluding ortho intramolecular Hbond substituents is 2. The molecule has 0 aliphatic heterocycles. The monoisotopic (exact) mass is 265 g/mol. The summed E-state index contributed by atoms with van der Waals surface area (Å²) in [6.07, 6.45) is -5.52. The largest absolute Gasteiger partial charge is 0.504 e. The van der Waals surface area contributed by atoms with E-state index in [2.05, 4.69) is 0 Å². The average Bonchev–Trinajstić information content (AvgIpc) is 2.22. The van der Waals surface area contributed by atoms with Gasteiger partial charge in [0.25, 0.3) is 0 Å². The van der Waals surface area contributed by atoms with Crippen molar-refractivity contribution in [2.45, 2.75) is 18.6 Å². The maximum atomic E-state index is 12.6. The fraction of sp³-hybridized carbons (Fsp3) is 0.300. The van der Waals surface area contributed by atoms with E-state index in [1.165, 1.54) is 0 Å². The number of hydrogen-bond acceptors (Lipinski definition) is 4. The minimum Gasteiger partial charge on any atom is -0.504 e. The smallest absolute Gasteiger partial charge is 0.416 e. The van der Waals surface area contributed by atoms with Crippen LogP contribution in [0.15, 0.2) is 12.1 Å². The van der Waals surface area contributed by atoms with Crippen LogP contribution in [0.25, 0.3) is 0 Å². The van der Waals surface area contributed by atoms with Crippen molar-refractivity contribution >= 4 is 5.97 Å². The van der Waals surface area contributed by atoms with Crippen molar-refractivity contribution < 1.29 is 33.3 Å². The Morgan fingerprint density at radius 2 is 1.89 bits per heavy atom. The summed E-state index contributed by atoms with van der Waals surface area (Å²) in [5.41, 5.74) is 3.15. The van der Waals surface area contributed by atoms with Crippen molar-refractivity contribution in [1.82, 2.24) is 0 Å². The van der Waals surface area contributed by atoms with Gasteiger partial charge in [-0.05, 0) is 12.1 Å². The number of carbonyl (C=O) groups is 1. The van der Waals surface area contributed by atoms with E-state index in [0.29, 0.717) is 12.1 Å². The van der Waals surface area contributed by atoms with Crippen LogP contribution in [0.1, 0.15) is 11.1 Å². The van der Waals surface area contributed by atoms with E-state index in [9.17, 15) is 23.1 Å². The topological polar surface area (TPSA) is 104 Å². The third-order valence-corrected chi connectivity index (χ3v) is 2.31. The van der Waals surface area contributed by atoms with E-state index in [-0.39, 0.29) is 0 Å². The molecule has 1 aromatic rings. The molecule has 0 spiro atoms. The minimum atomic E-state index is -4.78. The first-order valence-corrected chi connectivity index (χ1v) is 4.74. The molecule has 0 heterocycles. The molecule has 0 fully saturated rings. The van der Waals surface area contributed by atoms with Crippen molar-refractivity contribution in [2.24, 2.45) is 5.73 Å². The second kappa shape index (κ2) is 4.73. The number of phenols is 2. The van der Waals surface area contributed by atoms with Gasteiger partial charge in [0, 0.05) is 12.0 Å². The molecule has 18 heavy (non-hydrogen) atoms. The van der Waals surface area contributed by atoms with Crippen molar-refractivity contribution in [3.8, 4) is 11.5 Å². The zero-order valence-corrected chi connectivity index (χ0v) is 8.90. The van der Waals surface area contributed by atoms with Gasteiger partial charge < -0.3 is 21.1 Å². The van der Waals surface area contributed by atoms with Crippen LogP contribution in [0.3, 0.4) is 0 Å². The van der Waals surface area contributed by atoms with E-state index in [0.717, 1.165) is 0 Å². The molecule has 100 valence electrons. The van der Waals surface area contributed by atoms with Gasteiger partial charge in [-0.1, -0.05) is 0 Å². The molecule has 0 aliphatic rings. The van der Waals surface area contributed by atoms with Gasteiger partial charge in [0.2, 0.25) is 0 Å². The predicted octanol–water partition coefficient (Wildman–Crippen LogP) is 1.07. The number of carboxylic acid groups (broad SMARTS) is 1. The lowest BCUT2D eigenvalue weighted by atomic mass is 9.98. The summed E-state index contributed by atoms with van der Waals surface area (Å²) in [5, 5.41) is 27.1. The van der Waals surface area contributed by atoms with Crippen molar-refractivity contribution in [3.05, 3.63) is 23.3 Å². The van der Waals surface area contributed by atoms with E-state index < -0.39 is 47.2 Å². The van der Waals surface area contributed by atoms with Crippen LogP contribution in [-0.2, 0) is 17.4 Å². The lowest BCUT2D eigenvalue weighted by Gasteiger charge is -2.16. The van der Waals surface area contributed by atoms with Gasteiger partial charge in [-0.25, -0.2) is 0 Å². The van der Waals surface area contributed by atoms with Gasteiger partial charge in [-0.2, -0.15) is 13.2 Å². The predicted molar refractivity (Wildman–Crippen MR) is 54.1 cm³/mol. The van der Waals surface area contributed by atoms with Crippen LogP contribution in [-0.4, -0.2) is 27.3 Å². The molecule has 0 bridgehead atoms. The van der Waals surface area contributed by atoms with Gasteiger partial charge in [-0.15, -0.1) is 0 Å². The van der Waals surface area contributed by atoms with Gasteiger partial charge in [0.05, 0.1) is 5.56 Å². The molecule has 1 unspecified atom stereocenters. The van der Waals surface area contributed by atoms with E-state index in [1.54, 1.807) is 0 Å². The van der Waals surface area contributed by atoms with Gasteiger partial charge in [-0.3, -0.25) is 4.79 Å². The van der Waals surface area contributed by atoms with Crippen molar-refractivity contribution in [1.29, 1.82) is 0 Å². The Bertz CT molecular complexity index is 473. The summed E-state index contributed by atoms with van der Waals surface area (Å²) >= 11 is 0. The highest BCUT2D eigenvalue weighted by molar-refractivity contribution is 5.74. The number of benzene rings is 1. The van der Waals surface area contributed by atoms with Crippen molar-refractivity contribution in [3.63, 3.8) is 0 Å². The number of nitrogens with two attached hydrogens (primary N) is 1. The normalized spacial score (nSPS) is 13.3. The number of carboxylic acids is 1. The van der Waals surface area contributed by atoms with Crippen LogP contribution in [0.4, 0.5) is 13.2 Å². The third kappa shape index (κ3) is 2.83. The quantitative estimate of drug-likeness (QED) is 0.612. The Kier molecular flexibility index (Phi) is 3.70. The summed E-state index contributed by atoms with van der Waals surface area (Å²) in [5.74, 6) is -3.29. The lowest BCUT2D eigenvalue weighted by Crippen LogP contribution is -2.33. The fourth-order valence-corrected chi connectivity index (χ4v) is 1.40. The van der Waals surface area contributed by atoms with Gasteiger partial charge in [0.15, 0.2) is 11.5 Å². The molecule has 0 saturated heterocycles. The first-order chi connectivity index (χ1) is 8.14.